The summed E-state index contributed by atoms with van der Waals surface area (Å²) in [4.78, 5) is 7.52. The van der Waals surface area contributed by atoms with E-state index in [2.05, 4.69) is 64.2 Å². The second-order valence-electron chi connectivity index (χ2n) is 13.2. The smallest absolute Gasteiger partial charge is 0.0781 e. The largest absolute Gasteiger partial charge is 0.377 e. The summed E-state index contributed by atoms with van der Waals surface area (Å²) in [5, 5.41) is 3.62. The molecule has 3 aliphatic carbocycles. The highest BCUT2D eigenvalue weighted by Gasteiger charge is 2.58. The van der Waals surface area contributed by atoms with Crippen LogP contribution in [0.2, 0.25) is 0 Å². The SMILES string of the molecule is C.C=C/C=C1/CCC2C(CCC3(C)C(C(C)=NCC(=C)N(C)CCC4CCCN4)CCC23)C1(C)CCC. The molecular formula is C34H59N3. The first-order chi connectivity index (χ1) is 17.2. The molecule has 210 valence electrons. The normalized spacial score (nSPS) is 38.6. The highest BCUT2D eigenvalue weighted by Crippen LogP contribution is 2.66. The van der Waals surface area contributed by atoms with Crippen LogP contribution in [0, 0.1) is 34.5 Å². The van der Waals surface area contributed by atoms with E-state index >= 15 is 0 Å². The van der Waals surface area contributed by atoms with Gasteiger partial charge in [-0.2, -0.15) is 0 Å². The van der Waals surface area contributed by atoms with E-state index < -0.39 is 0 Å². The van der Waals surface area contributed by atoms with Crippen LogP contribution in [0.15, 0.2) is 41.6 Å². The van der Waals surface area contributed by atoms with E-state index in [1.54, 1.807) is 5.57 Å². The number of aliphatic imine (C=N–C) groups is 1. The van der Waals surface area contributed by atoms with E-state index in [4.69, 9.17) is 4.99 Å². The van der Waals surface area contributed by atoms with Crippen LogP contribution in [0.1, 0.15) is 106 Å². The van der Waals surface area contributed by atoms with Crippen LogP contribution in [0.4, 0.5) is 0 Å². The molecule has 4 rings (SSSR count). The molecule has 0 aromatic rings. The summed E-state index contributed by atoms with van der Waals surface area (Å²) in [6.07, 6.45) is 19.0. The zero-order chi connectivity index (χ0) is 25.9. The van der Waals surface area contributed by atoms with Crippen molar-refractivity contribution in [3.63, 3.8) is 0 Å². The van der Waals surface area contributed by atoms with E-state index in [1.807, 2.05) is 6.08 Å². The Hall–Kier alpha value is -1.35. The van der Waals surface area contributed by atoms with Gasteiger partial charge in [0.25, 0.3) is 0 Å². The summed E-state index contributed by atoms with van der Waals surface area (Å²) in [6, 6.07) is 0.693. The minimum atomic E-state index is 0. The van der Waals surface area contributed by atoms with Gasteiger partial charge in [-0.25, -0.2) is 0 Å². The predicted molar refractivity (Wildman–Crippen MR) is 163 cm³/mol. The average molecular weight is 510 g/mol. The Kier molecular flexibility index (Phi) is 10.3. The molecule has 0 aromatic heterocycles. The van der Waals surface area contributed by atoms with Gasteiger partial charge in [0.1, 0.15) is 0 Å². The number of fused-ring (bicyclic) bond motifs is 3. The summed E-state index contributed by atoms with van der Waals surface area (Å²) in [5.41, 5.74) is 5.03. The molecule has 0 bridgehead atoms. The average Bonchev–Trinajstić information content (AvgIpc) is 3.50. The number of allylic oxidation sites excluding steroid dienone is 3. The highest BCUT2D eigenvalue weighted by atomic mass is 15.1. The fourth-order valence-electron chi connectivity index (χ4n) is 9.25. The second kappa shape index (κ2) is 12.7. The van der Waals surface area contributed by atoms with E-state index in [0.717, 1.165) is 30.8 Å². The van der Waals surface area contributed by atoms with Crippen LogP contribution < -0.4 is 5.32 Å². The molecule has 3 heteroatoms. The van der Waals surface area contributed by atoms with Gasteiger partial charge in [-0.05, 0) is 106 Å². The maximum Gasteiger partial charge on any atom is 0.0781 e. The van der Waals surface area contributed by atoms with Gasteiger partial charge < -0.3 is 10.2 Å². The molecule has 4 aliphatic rings. The predicted octanol–water partition coefficient (Wildman–Crippen LogP) is 8.44. The van der Waals surface area contributed by atoms with Crippen molar-refractivity contribution in [3.8, 4) is 0 Å². The third-order valence-electron chi connectivity index (χ3n) is 11.4. The Morgan fingerprint density at radius 1 is 1.16 bits per heavy atom. The third-order valence-corrected chi connectivity index (χ3v) is 11.4. The van der Waals surface area contributed by atoms with Crippen LogP contribution in [0.5, 0.6) is 0 Å². The van der Waals surface area contributed by atoms with Crippen LogP contribution in [-0.4, -0.2) is 43.3 Å². The first kappa shape index (κ1) is 30.2. The topological polar surface area (TPSA) is 27.6 Å². The molecular weight excluding hydrogens is 450 g/mol. The molecule has 1 heterocycles. The summed E-state index contributed by atoms with van der Waals surface area (Å²) >= 11 is 0. The standard InChI is InChI=1S/C33H55N3.CH4/c1-8-11-26-13-14-28-30-16-15-29(33(30,6)20-17-31(28)32(26,5)19-9-2)25(4)35-23-24(3)36(7)22-18-27-12-10-21-34-27;/h8,11,27-31,34H,1,3,9-10,12-23H2,2,4-7H3;1H4/b26-11-,35-25?;. The minimum absolute atomic E-state index is 0. The molecule has 7 atom stereocenters. The van der Waals surface area contributed by atoms with Gasteiger partial charge >= 0.3 is 0 Å². The van der Waals surface area contributed by atoms with Gasteiger partial charge in [-0.1, -0.05) is 65.5 Å². The molecule has 3 nitrogen and oxygen atoms in total. The van der Waals surface area contributed by atoms with E-state index in [0.29, 0.717) is 22.8 Å². The zero-order valence-electron chi connectivity index (χ0n) is 24.2. The number of nitrogens with one attached hydrogen (secondary N) is 1. The van der Waals surface area contributed by atoms with Crippen molar-refractivity contribution >= 4 is 5.71 Å². The number of nitrogens with zero attached hydrogens (tertiary/aromatic N) is 2. The molecule has 1 saturated heterocycles. The zero-order valence-corrected chi connectivity index (χ0v) is 24.2. The van der Waals surface area contributed by atoms with Gasteiger partial charge in [-0.15, -0.1) is 0 Å². The monoisotopic (exact) mass is 509 g/mol. The quantitative estimate of drug-likeness (QED) is 0.299. The van der Waals surface area contributed by atoms with Crippen molar-refractivity contribution in [2.24, 2.45) is 39.5 Å². The molecule has 0 radical (unpaired) electrons. The van der Waals surface area contributed by atoms with Crippen LogP contribution in [0.25, 0.3) is 0 Å². The molecule has 37 heavy (non-hydrogen) atoms. The summed E-state index contributed by atoms with van der Waals surface area (Å²) in [6.45, 7) is 21.4. The molecule has 3 saturated carbocycles. The second-order valence-corrected chi connectivity index (χ2v) is 13.2. The number of rotatable bonds is 10. The molecule has 0 aromatic carbocycles. The van der Waals surface area contributed by atoms with Crippen molar-refractivity contribution < 1.29 is 0 Å². The molecule has 1 N–H and O–H groups in total. The Balaban J connectivity index is 0.00000380. The van der Waals surface area contributed by atoms with Crippen LogP contribution in [-0.2, 0) is 0 Å². The lowest BCUT2D eigenvalue weighted by Crippen LogP contribution is -2.50. The minimum Gasteiger partial charge on any atom is -0.377 e. The van der Waals surface area contributed by atoms with Gasteiger partial charge in [0.2, 0.25) is 0 Å². The van der Waals surface area contributed by atoms with Crippen molar-refractivity contribution in [3.05, 3.63) is 36.6 Å². The number of hydrogen-bond acceptors (Lipinski definition) is 3. The molecule has 4 fully saturated rings. The van der Waals surface area contributed by atoms with Crippen molar-refractivity contribution in [1.82, 2.24) is 10.2 Å². The lowest BCUT2D eigenvalue weighted by Gasteiger charge is -2.57. The van der Waals surface area contributed by atoms with Crippen LogP contribution in [0.3, 0.4) is 0 Å². The Morgan fingerprint density at radius 3 is 2.62 bits per heavy atom. The first-order valence-corrected chi connectivity index (χ1v) is 15.2. The van der Waals surface area contributed by atoms with E-state index in [1.165, 1.54) is 88.6 Å². The highest BCUT2D eigenvalue weighted by molar-refractivity contribution is 5.85. The molecule has 0 spiro atoms. The molecule has 7 unspecified atom stereocenters. The first-order valence-electron chi connectivity index (χ1n) is 15.2. The Bertz CT molecular complexity index is 849. The van der Waals surface area contributed by atoms with Crippen LogP contribution >= 0.6 is 0 Å². The van der Waals surface area contributed by atoms with E-state index in [-0.39, 0.29) is 7.43 Å². The lowest BCUT2D eigenvalue weighted by molar-refractivity contribution is -0.0408. The fourth-order valence-corrected chi connectivity index (χ4v) is 9.25. The maximum atomic E-state index is 5.18. The number of likely N-dealkylation sites (N-methyl/N-ethyl adjacent to an activating group) is 1. The number of hydrogen-bond donors (Lipinski definition) is 1. The lowest BCUT2D eigenvalue weighted by atomic mass is 9.47. The van der Waals surface area contributed by atoms with Gasteiger partial charge in [0, 0.05) is 37.0 Å². The maximum absolute atomic E-state index is 5.18. The van der Waals surface area contributed by atoms with Gasteiger partial charge in [0.05, 0.1) is 6.54 Å². The van der Waals surface area contributed by atoms with Gasteiger partial charge in [0.15, 0.2) is 0 Å². The van der Waals surface area contributed by atoms with Crippen molar-refractivity contribution in [1.29, 1.82) is 0 Å². The van der Waals surface area contributed by atoms with Gasteiger partial charge in [-0.3, -0.25) is 4.99 Å². The third kappa shape index (κ3) is 5.97. The summed E-state index contributed by atoms with van der Waals surface area (Å²) in [7, 11) is 2.20. The van der Waals surface area contributed by atoms with Crippen molar-refractivity contribution in [2.45, 2.75) is 112 Å². The Morgan fingerprint density at radius 2 is 1.95 bits per heavy atom. The molecule has 1 aliphatic heterocycles. The fraction of sp³-hybridized carbons (Fsp3) is 0.794. The molecule has 0 amide bonds. The Labute approximate surface area is 230 Å². The van der Waals surface area contributed by atoms with E-state index in [9.17, 15) is 0 Å². The van der Waals surface area contributed by atoms with Crippen molar-refractivity contribution in [2.75, 3.05) is 26.7 Å². The summed E-state index contributed by atoms with van der Waals surface area (Å²) in [5.74, 6) is 3.23. The summed E-state index contributed by atoms with van der Waals surface area (Å²) < 4.78 is 0.